The Bertz CT molecular complexity index is 1470. The van der Waals surface area contributed by atoms with Gasteiger partial charge in [-0.25, -0.2) is 15.0 Å². The van der Waals surface area contributed by atoms with E-state index in [0.717, 1.165) is 4.90 Å². The number of hydroxylamine groups is 2. The van der Waals surface area contributed by atoms with Crippen LogP contribution in [-0.4, -0.2) is 57.6 Å². The second-order valence-corrected chi connectivity index (χ2v) is 10.7. The first kappa shape index (κ1) is 29.5. The van der Waals surface area contributed by atoms with Gasteiger partial charge in [0.05, 0.1) is 38.1 Å². The number of carbonyl (C=O) groups is 3. The minimum Gasteiger partial charge on any atom is -0.463 e. The Morgan fingerprint density at radius 3 is 2.38 bits per heavy atom. The van der Waals surface area contributed by atoms with Crippen molar-refractivity contribution in [3.8, 4) is 0 Å². The zero-order valence-corrected chi connectivity index (χ0v) is 24.0. The van der Waals surface area contributed by atoms with E-state index in [-0.39, 0.29) is 31.5 Å². The van der Waals surface area contributed by atoms with Crippen molar-refractivity contribution in [2.45, 2.75) is 25.6 Å². The maximum atomic E-state index is 13.7. The summed E-state index contributed by atoms with van der Waals surface area (Å²) in [5.74, 6) is -0.226. The standard InChI is InChI=1S/C25H22Cl4N6O5/c1-25(2)22(35(39)23(37)31-14-5-7-17(26)19(28)10-14)34(15-6-8-18(27)20(29)11-15)24(38)33(25)13-21(36)32-30-12-16-4-3-9-40-16/h3-12,22,39H,13H2,1-2H3,(H,31,37)(H,32,36). The van der Waals surface area contributed by atoms with Crippen molar-refractivity contribution in [2.24, 2.45) is 5.10 Å². The third-order valence-electron chi connectivity index (χ3n) is 6.03. The van der Waals surface area contributed by atoms with Crippen molar-refractivity contribution >= 4 is 82.0 Å². The normalized spacial score (nSPS) is 16.5. The predicted octanol–water partition coefficient (Wildman–Crippen LogP) is 6.31. The van der Waals surface area contributed by atoms with Crippen molar-refractivity contribution in [3.63, 3.8) is 0 Å². The topological polar surface area (TPSA) is 131 Å². The third-order valence-corrected chi connectivity index (χ3v) is 7.51. The number of hydrogen-bond donors (Lipinski definition) is 3. The molecule has 15 heteroatoms. The van der Waals surface area contributed by atoms with Gasteiger partial charge in [-0.1, -0.05) is 46.4 Å². The van der Waals surface area contributed by atoms with Crippen molar-refractivity contribution in [3.05, 3.63) is 80.6 Å². The summed E-state index contributed by atoms with van der Waals surface area (Å²) in [6.45, 7) is 2.71. The first-order valence-corrected chi connectivity index (χ1v) is 13.1. The molecule has 0 bridgehead atoms. The SMILES string of the molecule is CC1(C)C(N(O)C(=O)Nc2ccc(Cl)c(Cl)c2)N(c2ccc(Cl)c(Cl)c2)C(=O)N1CC(=O)NN=Cc1ccco1. The molecule has 2 aromatic carbocycles. The van der Waals surface area contributed by atoms with Gasteiger partial charge in [0.25, 0.3) is 5.91 Å². The fourth-order valence-electron chi connectivity index (χ4n) is 4.08. The molecular weight excluding hydrogens is 606 g/mol. The smallest absolute Gasteiger partial charge is 0.347 e. The molecule has 3 N–H and O–H groups in total. The number of benzene rings is 2. The third kappa shape index (κ3) is 6.13. The first-order valence-electron chi connectivity index (χ1n) is 11.6. The zero-order chi connectivity index (χ0) is 29.2. The summed E-state index contributed by atoms with van der Waals surface area (Å²) < 4.78 is 5.12. The van der Waals surface area contributed by atoms with Gasteiger partial charge in [0.15, 0.2) is 6.17 Å². The van der Waals surface area contributed by atoms with E-state index in [4.69, 9.17) is 50.8 Å². The number of furan rings is 1. The highest BCUT2D eigenvalue weighted by Crippen LogP contribution is 2.39. The Morgan fingerprint density at radius 2 is 1.75 bits per heavy atom. The molecule has 11 nitrogen and oxygen atoms in total. The van der Waals surface area contributed by atoms with E-state index in [1.165, 1.54) is 53.8 Å². The van der Waals surface area contributed by atoms with Crippen LogP contribution in [-0.2, 0) is 4.79 Å². The number of anilines is 2. The molecule has 1 aromatic heterocycles. The number of halogens is 4. The molecule has 0 aliphatic carbocycles. The molecule has 1 saturated heterocycles. The van der Waals surface area contributed by atoms with Gasteiger partial charge in [-0.2, -0.15) is 10.2 Å². The summed E-state index contributed by atoms with van der Waals surface area (Å²) >= 11 is 24.2. The van der Waals surface area contributed by atoms with Crippen LogP contribution in [0.15, 0.2) is 64.3 Å². The number of rotatable bonds is 7. The number of urea groups is 2. The fraction of sp³-hybridized carbons (Fsp3) is 0.200. The number of carbonyl (C=O) groups excluding carboxylic acids is 3. The van der Waals surface area contributed by atoms with Crippen LogP contribution >= 0.6 is 46.4 Å². The van der Waals surface area contributed by atoms with E-state index >= 15 is 0 Å². The van der Waals surface area contributed by atoms with Gasteiger partial charge in [-0.05, 0) is 62.4 Å². The number of hydrazone groups is 1. The quantitative estimate of drug-likeness (QED) is 0.160. The first-order chi connectivity index (χ1) is 18.9. The van der Waals surface area contributed by atoms with Crippen LogP contribution in [0.2, 0.25) is 20.1 Å². The molecule has 3 aromatic rings. The second kappa shape index (κ2) is 11.9. The van der Waals surface area contributed by atoms with Gasteiger partial charge in [-0.15, -0.1) is 0 Å². The lowest BCUT2D eigenvalue weighted by atomic mass is 9.99. The zero-order valence-electron chi connectivity index (χ0n) is 20.9. The minimum absolute atomic E-state index is 0.136. The lowest BCUT2D eigenvalue weighted by Crippen LogP contribution is -2.58. The van der Waals surface area contributed by atoms with E-state index in [1.54, 1.807) is 26.0 Å². The molecule has 2 heterocycles. The van der Waals surface area contributed by atoms with Gasteiger partial charge in [0, 0.05) is 11.4 Å². The monoisotopic (exact) mass is 626 g/mol. The average Bonchev–Trinajstić information content (AvgIpc) is 3.48. The molecule has 5 amide bonds. The summed E-state index contributed by atoms with van der Waals surface area (Å²) in [5, 5.41) is 18.7. The van der Waals surface area contributed by atoms with Crippen molar-refractivity contribution in [2.75, 3.05) is 16.8 Å². The molecule has 0 saturated carbocycles. The summed E-state index contributed by atoms with van der Waals surface area (Å²) in [5.41, 5.74) is 1.47. The van der Waals surface area contributed by atoms with Crippen LogP contribution in [0, 0.1) is 0 Å². The molecule has 0 spiro atoms. The van der Waals surface area contributed by atoms with Crippen LogP contribution in [0.5, 0.6) is 0 Å². The highest BCUT2D eigenvalue weighted by Gasteiger charge is 2.56. The highest BCUT2D eigenvalue weighted by molar-refractivity contribution is 6.42. The van der Waals surface area contributed by atoms with E-state index in [9.17, 15) is 19.6 Å². The fourth-order valence-corrected chi connectivity index (χ4v) is 4.67. The molecule has 1 aliphatic heterocycles. The predicted molar refractivity (Wildman–Crippen MR) is 152 cm³/mol. The second-order valence-electron chi connectivity index (χ2n) is 9.08. The number of nitrogens with zero attached hydrogens (tertiary/aromatic N) is 4. The highest BCUT2D eigenvalue weighted by atomic mass is 35.5. The number of nitrogens with one attached hydrogen (secondary N) is 2. The average molecular weight is 628 g/mol. The summed E-state index contributed by atoms with van der Waals surface area (Å²) in [7, 11) is 0. The van der Waals surface area contributed by atoms with Gasteiger partial charge in [-0.3, -0.25) is 14.9 Å². The van der Waals surface area contributed by atoms with Gasteiger partial charge >= 0.3 is 12.1 Å². The summed E-state index contributed by atoms with van der Waals surface area (Å²) in [4.78, 5) is 41.9. The summed E-state index contributed by atoms with van der Waals surface area (Å²) in [6.07, 6.45) is 1.41. The lowest BCUT2D eigenvalue weighted by molar-refractivity contribution is -0.124. The molecule has 40 heavy (non-hydrogen) atoms. The van der Waals surface area contributed by atoms with E-state index < -0.39 is 36.2 Å². The Balaban J connectivity index is 1.63. The van der Waals surface area contributed by atoms with Gasteiger partial charge in [0.1, 0.15) is 12.3 Å². The van der Waals surface area contributed by atoms with Crippen LogP contribution in [0.25, 0.3) is 0 Å². The molecule has 0 radical (unpaired) electrons. The largest absolute Gasteiger partial charge is 0.463 e. The van der Waals surface area contributed by atoms with Gasteiger partial charge in [0.2, 0.25) is 0 Å². The molecule has 1 aliphatic rings. The van der Waals surface area contributed by atoms with E-state index in [0.29, 0.717) is 10.8 Å². The summed E-state index contributed by atoms with van der Waals surface area (Å²) in [6, 6.07) is 10.4. The van der Waals surface area contributed by atoms with Crippen molar-refractivity contribution in [1.82, 2.24) is 15.4 Å². The van der Waals surface area contributed by atoms with Crippen LogP contribution in [0.3, 0.4) is 0 Å². The minimum atomic E-state index is -1.33. The van der Waals surface area contributed by atoms with Crippen LogP contribution in [0.4, 0.5) is 21.0 Å². The Labute approximate surface area is 248 Å². The molecular formula is C25H22Cl4N6O5. The molecule has 1 unspecified atom stereocenters. The van der Waals surface area contributed by atoms with Crippen LogP contribution < -0.4 is 15.6 Å². The Morgan fingerprint density at radius 1 is 1.07 bits per heavy atom. The van der Waals surface area contributed by atoms with Crippen molar-refractivity contribution in [1.29, 1.82) is 0 Å². The lowest BCUT2D eigenvalue weighted by Gasteiger charge is -2.38. The number of amides is 5. The van der Waals surface area contributed by atoms with Crippen LogP contribution in [0.1, 0.15) is 19.6 Å². The maximum absolute atomic E-state index is 13.7. The Kier molecular flexibility index (Phi) is 8.81. The molecule has 1 atom stereocenters. The molecule has 4 rings (SSSR count). The number of hydrogen-bond acceptors (Lipinski definition) is 6. The Hall–Kier alpha value is -3.48. The van der Waals surface area contributed by atoms with E-state index in [2.05, 4.69) is 15.8 Å². The van der Waals surface area contributed by atoms with Crippen molar-refractivity contribution < 1.29 is 24.0 Å². The maximum Gasteiger partial charge on any atom is 0.347 e. The van der Waals surface area contributed by atoms with Gasteiger partial charge < -0.3 is 14.6 Å². The molecule has 210 valence electrons. The molecule has 1 fully saturated rings. The van der Waals surface area contributed by atoms with E-state index in [1.807, 2.05) is 0 Å².